The van der Waals surface area contributed by atoms with Crippen LogP contribution in [-0.2, 0) is 9.47 Å². The summed E-state index contributed by atoms with van der Waals surface area (Å²) in [7, 11) is 2.58. The molecule has 23 heavy (non-hydrogen) atoms. The number of nitrogens with zero attached hydrogens (tertiary/aromatic N) is 1. The van der Waals surface area contributed by atoms with E-state index in [-0.39, 0.29) is 11.1 Å². The van der Waals surface area contributed by atoms with E-state index >= 15 is 0 Å². The molecule has 5 nitrogen and oxygen atoms in total. The number of aromatic nitrogens is 1. The molecule has 0 aliphatic rings. The summed E-state index contributed by atoms with van der Waals surface area (Å²) >= 11 is 0. The average Bonchev–Trinajstić information content (AvgIpc) is 2.90. The topological polar surface area (TPSA) is 57.5 Å². The van der Waals surface area contributed by atoms with Gasteiger partial charge in [-0.25, -0.2) is 9.59 Å². The van der Waals surface area contributed by atoms with Crippen LogP contribution in [0.5, 0.6) is 0 Å². The van der Waals surface area contributed by atoms with Gasteiger partial charge in [0, 0.05) is 17.6 Å². The maximum Gasteiger partial charge on any atom is 0.340 e. The molecule has 0 unspecified atom stereocenters. The van der Waals surface area contributed by atoms with Crippen molar-refractivity contribution in [3.8, 4) is 5.69 Å². The fraction of sp³-hybridized carbons (Fsp3) is 0.333. The molecule has 0 atom stereocenters. The molecule has 0 radical (unpaired) electrons. The summed E-state index contributed by atoms with van der Waals surface area (Å²) < 4.78 is 11.5. The number of rotatable bonds is 4. The van der Waals surface area contributed by atoms with Gasteiger partial charge in [0.1, 0.15) is 0 Å². The number of hydrogen-bond donors (Lipinski definition) is 0. The van der Waals surface area contributed by atoms with E-state index in [0.29, 0.717) is 11.6 Å². The molecule has 1 heterocycles. The molecule has 0 spiro atoms. The van der Waals surface area contributed by atoms with Crippen LogP contribution in [0.15, 0.2) is 30.5 Å². The van der Waals surface area contributed by atoms with Crippen LogP contribution >= 0.6 is 0 Å². The average molecular weight is 315 g/mol. The fourth-order valence-corrected chi connectivity index (χ4v) is 2.68. The first kappa shape index (κ1) is 16.8. The third kappa shape index (κ3) is 2.99. The normalized spacial score (nSPS) is 10.7. The van der Waals surface area contributed by atoms with Gasteiger partial charge < -0.3 is 14.0 Å². The lowest BCUT2D eigenvalue weighted by Gasteiger charge is -2.15. The van der Waals surface area contributed by atoms with Crippen LogP contribution in [-0.4, -0.2) is 30.7 Å². The number of para-hydroxylation sites is 1. The lowest BCUT2D eigenvalue weighted by atomic mass is 10.0. The van der Waals surface area contributed by atoms with E-state index in [9.17, 15) is 9.59 Å². The zero-order valence-corrected chi connectivity index (χ0v) is 14.0. The molecule has 0 aliphatic carbocycles. The molecule has 1 aromatic carbocycles. The second-order valence-corrected chi connectivity index (χ2v) is 5.57. The molecule has 0 amide bonds. The third-order valence-electron chi connectivity index (χ3n) is 3.86. The van der Waals surface area contributed by atoms with E-state index in [1.54, 1.807) is 13.1 Å². The Morgan fingerprint density at radius 1 is 1.04 bits per heavy atom. The second-order valence-electron chi connectivity index (χ2n) is 5.57. The predicted molar refractivity (Wildman–Crippen MR) is 87.3 cm³/mol. The van der Waals surface area contributed by atoms with Gasteiger partial charge in [-0.2, -0.15) is 0 Å². The summed E-state index contributed by atoms with van der Waals surface area (Å²) in [5.41, 5.74) is 3.14. The molecule has 0 bridgehead atoms. The van der Waals surface area contributed by atoms with E-state index < -0.39 is 11.9 Å². The van der Waals surface area contributed by atoms with Crippen molar-refractivity contribution < 1.29 is 19.1 Å². The summed E-state index contributed by atoms with van der Waals surface area (Å²) in [6.45, 7) is 5.98. The highest BCUT2D eigenvalue weighted by Gasteiger charge is 2.26. The Morgan fingerprint density at radius 2 is 1.65 bits per heavy atom. The number of benzene rings is 1. The van der Waals surface area contributed by atoms with Gasteiger partial charge in [0.25, 0.3) is 0 Å². The molecule has 1 aromatic heterocycles. The van der Waals surface area contributed by atoms with Gasteiger partial charge in [0.15, 0.2) is 0 Å². The van der Waals surface area contributed by atoms with Crippen LogP contribution in [0.1, 0.15) is 51.7 Å². The molecule has 2 rings (SSSR count). The van der Waals surface area contributed by atoms with Crippen LogP contribution in [0, 0.1) is 6.92 Å². The molecular weight excluding hydrogens is 294 g/mol. The molecule has 0 N–H and O–H groups in total. The minimum Gasteiger partial charge on any atom is -0.465 e. The van der Waals surface area contributed by atoms with Gasteiger partial charge in [0.2, 0.25) is 0 Å². The summed E-state index contributed by atoms with van der Waals surface area (Å²) in [6, 6.07) is 7.90. The van der Waals surface area contributed by atoms with Crippen molar-refractivity contribution in [1.29, 1.82) is 0 Å². The van der Waals surface area contributed by atoms with Crippen LogP contribution < -0.4 is 0 Å². The van der Waals surface area contributed by atoms with Gasteiger partial charge in [0.05, 0.1) is 25.3 Å². The fourth-order valence-electron chi connectivity index (χ4n) is 2.68. The molecule has 0 fully saturated rings. The van der Waals surface area contributed by atoms with Crippen LogP contribution in [0.25, 0.3) is 5.69 Å². The Morgan fingerprint density at radius 3 is 2.22 bits per heavy atom. The number of ether oxygens (including phenoxy) is 2. The minimum atomic E-state index is -0.561. The van der Waals surface area contributed by atoms with E-state index in [4.69, 9.17) is 9.47 Å². The van der Waals surface area contributed by atoms with E-state index in [1.807, 2.05) is 28.8 Å². The Kier molecular flexibility index (Phi) is 4.89. The van der Waals surface area contributed by atoms with Crippen LogP contribution in [0.4, 0.5) is 0 Å². The summed E-state index contributed by atoms with van der Waals surface area (Å²) in [5.74, 6) is -0.811. The van der Waals surface area contributed by atoms with E-state index in [1.165, 1.54) is 14.2 Å². The van der Waals surface area contributed by atoms with Crippen molar-refractivity contribution in [2.24, 2.45) is 0 Å². The standard InChI is InChI=1S/C18H21NO4/c1-11(2)13-8-6-7-9-15(13)19-10-14(17(20)22-4)16(12(19)3)18(21)23-5/h6-11H,1-5H3. The van der Waals surface area contributed by atoms with Crippen molar-refractivity contribution in [2.45, 2.75) is 26.7 Å². The molecule has 2 aromatic rings. The van der Waals surface area contributed by atoms with Crippen molar-refractivity contribution in [1.82, 2.24) is 4.57 Å². The van der Waals surface area contributed by atoms with Gasteiger partial charge in [-0.05, 0) is 24.5 Å². The predicted octanol–water partition coefficient (Wildman–Crippen LogP) is 3.48. The van der Waals surface area contributed by atoms with Crippen molar-refractivity contribution in [2.75, 3.05) is 14.2 Å². The van der Waals surface area contributed by atoms with Crippen molar-refractivity contribution in [3.63, 3.8) is 0 Å². The third-order valence-corrected chi connectivity index (χ3v) is 3.86. The smallest absolute Gasteiger partial charge is 0.340 e. The number of methoxy groups -OCH3 is 2. The van der Waals surface area contributed by atoms with Crippen molar-refractivity contribution >= 4 is 11.9 Å². The first-order valence-electron chi connectivity index (χ1n) is 7.40. The number of carbonyl (C=O) groups excluding carboxylic acids is 2. The number of hydrogen-bond acceptors (Lipinski definition) is 4. The first-order chi connectivity index (χ1) is 10.9. The zero-order valence-electron chi connectivity index (χ0n) is 14.0. The molecular formula is C18H21NO4. The highest BCUT2D eigenvalue weighted by Crippen LogP contribution is 2.28. The number of carbonyl (C=O) groups is 2. The molecule has 0 aliphatic heterocycles. The van der Waals surface area contributed by atoms with Gasteiger partial charge in [-0.1, -0.05) is 32.0 Å². The quantitative estimate of drug-likeness (QED) is 0.811. The van der Waals surface area contributed by atoms with Crippen LogP contribution in [0.3, 0.4) is 0 Å². The Balaban J connectivity index is 2.73. The zero-order chi connectivity index (χ0) is 17.1. The van der Waals surface area contributed by atoms with Crippen molar-refractivity contribution in [3.05, 3.63) is 52.8 Å². The van der Waals surface area contributed by atoms with Gasteiger partial charge in [-0.15, -0.1) is 0 Å². The van der Waals surface area contributed by atoms with E-state index in [0.717, 1.165) is 11.3 Å². The van der Waals surface area contributed by atoms with E-state index in [2.05, 4.69) is 13.8 Å². The lowest BCUT2D eigenvalue weighted by molar-refractivity contribution is 0.0556. The molecule has 122 valence electrons. The SMILES string of the molecule is COC(=O)c1cn(-c2ccccc2C(C)C)c(C)c1C(=O)OC. The second kappa shape index (κ2) is 6.69. The molecule has 0 saturated carbocycles. The highest BCUT2D eigenvalue weighted by atomic mass is 16.5. The van der Waals surface area contributed by atoms with Gasteiger partial charge in [-0.3, -0.25) is 0 Å². The maximum atomic E-state index is 12.1. The Hall–Kier alpha value is -2.56. The summed E-state index contributed by atoms with van der Waals surface area (Å²) in [5, 5.41) is 0. The number of esters is 2. The largest absolute Gasteiger partial charge is 0.465 e. The molecule has 5 heteroatoms. The Bertz CT molecular complexity index is 743. The summed E-state index contributed by atoms with van der Waals surface area (Å²) in [6.07, 6.45) is 1.63. The Labute approximate surface area is 135 Å². The monoisotopic (exact) mass is 315 g/mol. The minimum absolute atomic E-state index is 0.204. The maximum absolute atomic E-state index is 12.1. The lowest BCUT2D eigenvalue weighted by Crippen LogP contribution is -2.10. The van der Waals surface area contributed by atoms with Crippen LogP contribution in [0.2, 0.25) is 0 Å². The van der Waals surface area contributed by atoms with Gasteiger partial charge >= 0.3 is 11.9 Å². The summed E-state index contributed by atoms with van der Waals surface area (Å²) in [4.78, 5) is 24.1. The highest BCUT2D eigenvalue weighted by molar-refractivity contribution is 6.04. The molecule has 0 saturated heterocycles. The first-order valence-corrected chi connectivity index (χ1v) is 7.40.